The van der Waals surface area contributed by atoms with Crippen LogP contribution in [0.15, 0.2) is 12.1 Å². The van der Waals surface area contributed by atoms with Gasteiger partial charge in [0, 0.05) is 22.1 Å². The van der Waals surface area contributed by atoms with Crippen molar-refractivity contribution in [1.82, 2.24) is 0 Å². The van der Waals surface area contributed by atoms with Crippen LogP contribution in [0.25, 0.3) is 0 Å². The molecule has 21 heavy (non-hydrogen) atoms. The zero-order valence-corrected chi connectivity index (χ0v) is 16.4. The fourth-order valence-corrected chi connectivity index (χ4v) is 3.62. The molecule has 0 aliphatic heterocycles. The van der Waals surface area contributed by atoms with Crippen LogP contribution in [0.3, 0.4) is 0 Å². The molecule has 0 fully saturated rings. The number of hydrogen-bond donors (Lipinski definition) is 0. The molecule has 0 atom stereocenters. The highest BCUT2D eigenvalue weighted by Crippen LogP contribution is 2.37. The molecule has 2 nitrogen and oxygen atoms in total. The van der Waals surface area contributed by atoms with Crippen molar-refractivity contribution in [1.29, 1.82) is 0 Å². The molecule has 1 aromatic heterocycles. The zero-order valence-electron chi connectivity index (χ0n) is 14.6. The summed E-state index contributed by atoms with van der Waals surface area (Å²) < 4.78 is 6.24. The molecule has 0 aromatic carbocycles. The molecule has 120 valence electrons. The van der Waals surface area contributed by atoms with E-state index in [0.29, 0.717) is 18.8 Å². The SMILES string of the molecule is CC(C)C(=O)CCc1ccc(CO[Si](C)(C)C(C)(C)C)s1. The Balaban J connectivity index is 2.51. The molecular weight excluding hydrogens is 296 g/mol. The topological polar surface area (TPSA) is 26.3 Å². The summed E-state index contributed by atoms with van der Waals surface area (Å²) in [5.41, 5.74) is 0. The molecule has 0 amide bonds. The van der Waals surface area contributed by atoms with Gasteiger partial charge in [0.1, 0.15) is 5.78 Å². The second-order valence-electron chi connectivity index (χ2n) is 7.54. The Morgan fingerprint density at radius 2 is 1.81 bits per heavy atom. The smallest absolute Gasteiger partial charge is 0.192 e. The third-order valence-corrected chi connectivity index (χ3v) is 9.96. The molecule has 1 aromatic rings. The minimum absolute atomic E-state index is 0.145. The van der Waals surface area contributed by atoms with Crippen molar-refractivity contribution in [2.75, 3.05) is 0 Å². The van der Waals surface area contributed by atoms with Gasteiger partial charge in [-0.05, 0) is 36.7 Å². The third-order valence-electron chi connectivity index (χ3n) is 4.36. The molecule has 4 heteroatoms. The Bertz CT molecular complexity index is 469. The van der Waals surface area contributed by atoms with Crippen molar-refractivity contribution < 1.29 is 9.22 Å². The van der Waals surface area contributed by atoms with E-state index in [-0.39, 0.29) is 11.0 Å². The first-order valence-electron chi connectivity index (χ1n) is 7.77. The van der Waals surface area contributed by atoms with Gasteiger partial charge in [0.25, 0.3) is 0 Å². The molecule has 0 saturated heterocycles. The first-order valence-corrected chi connectivity index (χ1v) is 11.5. The van der Waals surface area contributed by atoms with Crippen molar-refractivity contribution in [3.05, 3.63) is 21.9 Å². The predicted molar refractivity (Wildman–Crippen MR) is 94.5 cm³/mol. The lowest BCUT2D eigenvalue weighted by Gasteiger charge is -2.36. The highest BCUT2D eigenvalue weighted by molar-refractivity contribution is 7.12. The van der Waals surface area contributed by atoms with Crippen LogP contribution < -0.4 is 0 Å². The third kappa shape index (κ3) is 5.68. The zero-order chi connectivity index (χ0) is 16.3. The highest BCUT2D eigenvalue weighted by Gasteiger charge is 2.37. The van der Waals surface area contributed by atoms with Crippen LogP contribution in [0.5, 0.6) is 0 Å². The predicted octanol–water partition coefficient (Wildman–Crippen LogP) is 5.43. The van der Waals surface area contributed by atoms with E-state index >= 15 is 0 Å². The lowest BCUT2D eigenvalue weighted by atomic mass is 10.0. The minimum Gasteiger partial charge on any atom is -0.412 e. The van der Waals surface area contributed by atoms with E-state index in [1.165, 1.54) is 9.75 Å². The van der Waals surface area contributed by atoms with Crippen LogP contribution in [0.2, 0.25) is 18.1 Å². The largest absolute Gasteiger partial charge is 0.412 e. The van der Waals surface area contributed by atoms with Crippen molar-refractivity contribution in [2.45, 2.75) is 72.2 Å². The first-order chi connectivity index (χ1) is 9.53. The molecule has 0 unspecified atom stereocenters. The molecule has 0 bridgehead atoms. The van der Waals surface area contributed by atoms with Crippen LogP contribution in [0, 0.1) is 5.92 Å². The van der Waals surface area contributed by atoms with Gasteiger partial charge in [-0.3, -0.25) is 4.79 Å². The number of thiophene rings is 1. The van der Waals surface area contributed by atoms with E-state index in [9.17, 15) is 4.79 Å². The monoisotopic (exact) mass is 326 g/mol. The van der Waals surface area contributed by atoms with Crippen LogP contribution >= 0.6 is 11.3 Å². The second kappa shape index (κ2) is 7.21. The van der Waals surface area contributed by atoms with Gasteiger partial charge in [-0.2, -0.15) is 0 Å². The molecule has 0 saturated carbocycles. The summed E-state index contributed by atoms with van der Waals surface area (Å²) in [6.07, 6.45) is 1.52. The van der Waals surface area contributed by atoms with E-state index in [4.69, 9.17) is 4.43 Å². The molecule has 0 aliphatic rings. The lowest BCUT2D eigenvalue weighted by molar-refractivity contribution is -0.121. The normalized spacial score (nSPS) is 13.0. The maximum absolute atomic E-state index is 11.7. The second-order valence-corrected chi connectivity index (χ2v) is 13.6. The van der Waals surface area contributed by atoms with E-state index < -0.39 is 8.32 Å². The van der Waals surface area contributed by atoms with Gasteiger partial charge >= 0.3 is 0 Å². The number of aryl methyl sites for hydroxylation is 1. The Morgan fingerprint density at radius 3 is 2.33 bits per heavy atom. The van der Waals surface area contributed by atoms with E-state index in [1.54, 1.807) is 11.3 Å². The summed E-state index contributed by atoms with van der Waals surface area (Å²) >= 11 is 1.78. The molecule has 0 N–H and O–H groups in total. The Labute approximate surface area is 135 Å². The maximum atomic E-state index is 11.7. The van der Waals surface area contributed by atoms with Crippen LogP contribution in [0.4, 0.5) is 0 Å². The van der Waals surface area contributed by atoms with E-state index in [1.807, 2.05) is 13.8 Å². The van der Waals surface area contributed by atoms with Gasteiger partial charge in [0.2, 0.25) is 0 Å². The van der Waals surface area contributed by atoms with Crippen molar-refractivity contribution >= 4 is 25.4 Å². The number of carbonyl (C=O) groups excluding carboxylic acids is 1. The average molecular weight is 327 g/mol. The van der Waals surface area contributed by atoms with Gasteiger partial charge in [-0.15, -0.1) is 11.3 Å². The molecular formula is C17H30O2SSi. The minimum atomic E-state index is -1.68. The van der Waals surface area contributed by atoms with Crippen LogP contribution in [0.1, 0.15) is 50.8 Å². The van der Waals surface area contributed by atoms with E-state index in [2.05, 4.69) is 46.0 Å². The molecule has 0 radical (unpaired) electrons. The molecule has 0 aliphatic carbocycles. The first kappa shape index (κ1) is 18.6. The number of hydrogen-bond acceptors (Lipinski definition) is 3. The van der Waals surface area contributed by atoms with Gasteiger partial charge in [-0.1, -0.05) is 34.6 Å². The van der Waals surface area contributed by atoms with Gasteiger partial charge in [0.05, 0.1) is 6.61 Å². The molecule has 1 rings (SSSR count). The standard InChI is InChI=1S/C17H30O2SSi/c1-13(2)16(18)11-10-14-8-9-15(20-14)12-19-21(6,7)17(3,4)5/h8-9,13H,10-12H2,1-7H3. The fraction of sp³-hybridized carbons (Fsp3) is 0.706. The summed E-state index contributed by atoms with van der Waals surface area (Å²) in [6, 6.07) is 4.29. The van der Waals surface area contributed by atoms with Crippen molar-refractivity contribution in [2.24, 2.45) is 5.92 Å². The number of carbonyl (C=O) groups is 1. The van der Waals surface area contributed by atoms with Crippen molar-refractivity contribution in [3.63, 3.8) is 0 Å². The lowest BCUT2D eigenvalue weighted by Crippen LogP contribution is -2.40. The Hall–Kier alpha value is -0.453. The van der Waals surface area contributed by atoms with E-state index in [0.717, 1.165) is 6.42 Å². The van der Waals surface area contributed by atoms with Gasteiger partial charge in [0.15, 0.2) is 8.32 Å². The summed E-state index contributed by atoms with van der Waals surface area (Å²) in [4.78, 5) is 14.2. The van der Waals surface area contributed by atoms with Crippen molar-refractivity contribution in [3.8, 4) is 0 Å². The van der Waals surface area contributed by atoms with Gasteiger partial charge < -0.3 is 4.43 Å². The number of Topliss-reactive ketones (excluding diaryl/α,β-unsaturated/α-hetero) is 1. The maximum Gasteiger partial charge on any atom is 0.192 e. The van der Waals surface area contributed by atoms with Crippen LogP contribution in [-0.4, -0.2) is 14.1 Å². The molecule has 0 spiro atoms. The summed E-state index contributed by atoms with van der Waals surface area (Å²) in [5.74, 6) is 0.494. The average Bonchev–Trinajstić information content (AvgIpc) is 2.80. The Kier molecular flexibility index (Phi) is 6.38. The fourth-order valence-electron chi connectivity index (χ4n) is 1.64. The number of ketones is 1. The Morgan fingerprint density at radius 1 is 1.24 bits per heavy atom. The quantitative estimate of drug-likeness (QED) is 0.625. The van der Waals surface area contributed by atoms with Crippen LogP contribution in [-0.2, 0) is 22.2 Å². The summed E-state index contributed by atoms with van der Waals surface area (Å²) in [7, 11) is -1.68. The molecule has 1 heterocycles. The summed E-state index contributed by atoms with van der Waals surface area (Å²) in [5, 5.41) is 0.247. The highest BCUT2D eigenvalue weighted by atomic mass is 32.1. The number of rotatable bonds is 7. The summed E-state index contributed by atoms with van der Waals surface area (Å²) in [6.45, 7) is 16.0. The van der Waals surface area contributed by atoms with Gasteiger partial charge in [-0.25, -0.2) is 0 Å².